The zero-order valence-corrected chi connectivity index (χ0v) is 15.3. The SMILES string of the molecule is COc1ccccc1C1CNCCN1C(=O)c1ccc2c(c1)CCC(=O)N2. The van der Waals surface area contributed by atoms with Gasteiger partial charge in [-0.15, -0.1) is 0 Å². The van der Waals surface area contributed by atoms with Crippen molar-refractivity contribution < 1.29 is 14.3 Å². The molecular formula is C21H23N3O3. The lowest BCUT2D eigenvalue weighted by Crippen LogP contribution is -2.48. The van der Waals surface area contributed by atoms with E-state index in [-0.39, 0.29) is 17.9 Å². The van der Waals surface area contributed by atoms with E-state index in [0.717, 1.165) is 29.1 Å². The maximum atomic E-state index is 13.3. The van der Waals surface area contributed by atoms with E-state index in [1.54, 1.807) is 13.2 Å². The Morgan fingerprint density at radius 1 is 1.19 bits per heavy atom. The molecule has 2 aliphatic heterocycles. The number of anilines is 1. The summed E-state index contributed by atoms with van der Waals surface area (Å²) in [6.45, 7) is 2.08. The number of nitrogens with zero attached hydrogens (tertiary/aromatic N) is 1. The Balaban J connectivity index is 1.64. The third-order valence-electron chi connectivity index (χ3n) is 5.25. The van der Waals surface area contributed by atoms with Crippen molar-refractivity contribution in [3.8, 4) is 5.75 Å². The second-order valence-electron chi connectivity index (χ2n) is 6.88. The Kier molecular flexibility index (Phi) is 4.81. The minimum atomic E-state index is -0.0851. The summed E-state index contributed by atoms with van der Waals surface area (Å²) in [7, 11) is 1.65. The summed E-state index contributed by atoms with van der Waals surface area (Å²) >= 11 is 0. The largest absolute Gasteiger partial charge is 0.496 e. The van der Waals surface area contributed by atoms with Gasteiger partial charge >= 0.3 is 0 Å². The maximum absolute atomic E-state index is 13.3. The van der Waals surface area contributed by atoms with E-state index in [1.807, 2.05) is 41.3 Å². The molecule has 0 bridgehead atoms. The molecule has 1 fully saturated rings. The van der Waals surface area contributed by atoms with Gasteiger partial charge in [-0.1, -0.05) is 18.2 Å². The summed E-state index contributed by atoms with van der Waals surface area (Å²) in [5.41, 5.74) is 3.49. The van der Waals surface area contributed by atoms with Crippen LogP contribution in [-0.2, 0) is 11.2 Å². The molecule has 0 spiro atoms. The summed E-state index contributed by atoms with van der Waals surface area (Å²) in [4.78, 5) is 26.8. The average Bonchev–Trinajstić information content (AvgIpc) is 2.72. The number of amides is 2. The molecule has 140 valence electrons. The molecule has 2 aromatic carbocycles. The predicted molar refractivity (Wildman–Crippen MR) is 103 cm³/mol. The van der Waals surface area contributed by atoms with Crippen LogP contribution in [0.25, 0.3) is 0 Å². The molecule has 1 saturated heterocycles. The fraction of sp³-hybridized carbons (Fsp3) is 0.333. The molecule has 1 atom stereocenters. The van der Waals surface area contributed by atoms with E-state index in [2.05, 4.69) is 10.6 Å². The number of ether oxygens (including phenoxy) is 1. The van der Waals surface area contributed by atoms with E-state index in [4.69, 9.17) is 4.74 Å². The number of para-hydroxylation sites is 1. The summed E-state index contributed by atoms with van der Waals surface area (Å²) in [5.74, 6) is 0.823. The average molecular weight is 365 g/mol. The van der Waals surface area contributed by atoms with Crippen molar-refractivity contribution in [3.63, 3.8) is 0 Å². The van der Waals surface area contributed by atoms with Gasteiger partial charge in [0.05, 0.1) is 13.2 Å². The van der Waals surface area contributed by atoms with Crippen LogP contribution < -0.4 is 15.4 Å². The minimum Gasteiger partial charge on any atom is -0.496 e. The first-order valence-corrected chi connectivity index (χ1v) is 9.25. The number of nitrogens with one attached hydrogen (secondary N) is 2. The van der Waals surface area contributed by atoms with Crippen molar-refractivity contribution in [2.45, 2.75) is 18.9 Å². The minimum absolute atomic E-state index is 0.00658. The lowest BCUT2D eigenvalue weighted by atomic mass is 9.98. The number of rotatable bonds is 3. The van der Waals surface area contributed by atoms with Gasteiger partial charge in [0.2, 0.25) is 5.91 Å². The van der Waals surface area contributed by atoms with Crippen LogP contribution in [-0.4, -0.2) is 43.5 Å². The van der Waals surface area contributed by atoms with Gasteiger partial charge < -0.3 is 20.3 Å². The molecule has 4 rings (SSSR count). The quantitative estimate of drug-likeness (QED) is 0.876. The van der Waals surface area contributed by atoms with Crippen LogP contribution in [0, 0.1) is 0 Å². The van der Waals surface area contributed by atoms with Gasteiger partial charge in [-0.3, -0.25) is 9.59 Å². The molecule has 1 unspecified atom stereocenters. The molecule has 2 amide bonds. The first-order valence-electron chi connectivity index (χ1n) is 9.25. The summed E-state index contributed by atoms with van der Waals surface area (Å²) in [5, 5.41) is 6.24. The molecule has 0 aromatic heterocycles. The zero-order chi connectivity index (χ0) is 18.8. The Morgan fingerprint density at radius 2 is 2.04 bits per heavy atom. The molecule has 0 radical (unpaired) electrons. The van der Waals surface area contributed by atoms with Crippen molar-refractivity contribution in [1.29, 1.82) is 0 Å². The van der Waals surface area contributed by atoms with Crippen LogP contribution in [0.5, 0.6) is 5.75 Å². The van der Waals surface area contributed by atoms with Crippen LogP contribution >= 0.6 is 0 Å². The third kappa shape index (κ3) is 3.40. The molecule has 0 saturated carbocycles. The van der Waals surface area contributed by atoms with Gasteiger partial charge in [0.25, 0.3) is 5.91 Å². The molecule has 6 heteroatoms. The molecule has 2 N–H and O–H groups in total. The number of hydrogen-bond acceptors (Lipinski definition) is 4. The molecule has 27 heavy (non-hydrogen) atoms. The Morgan fingerprint density at radius 3 is 2.89 bits per heavy atom. The Hall–Kier alpha value is -2.86. The number of carbonyl (C=O) groups excluding carboxylic acids is 2. The molecule has 2 aromatic rings. The standard InChI is InChI=1S/C21H23N3O3/c1-27-19-5-3-2-4-16(19)18-13-22-10-11-24(18)21(26)15-6-8-17-14(12-15)7-9-20(25)23-17/h2-6,8,12,18,22H,7,9-11,13H2,1H3,(H,23,25). The van der Waals surface area contributed by atoms with Crippen molar-refractivity contribution in [2.75, 3.05) is 32.1 Å². The van der Waals surface area contributed by atoms with E-state index in [1.165, 1.54) is 0 Å². The molecule has 6 nitrogen and oxygen atoms in total. The molecule has 2 aliphatic rings. The summed E-state index contributed by atoms with van der Waals surface area (Å²) in [6.07, 6.45) is 1.13. The van der Waals surface area contributed by atoms with Crippen molar-refractivity contribution in [3.05, 3.63) is 59.2 Å². The van der Waals surface area contributed by atoms with Crippen molar-refractivity contribution >= 4 is 17.5 Å². The topological polar surface area (TPSA) is 70.7 Å². The highest BCUT2D eigenvalue weighted by atomic mass is 16.5. The highest BCUT2D eigenvalue weighted by molar-refractivity contribution is 5.98. The van der Waals surface area contributed by atoms with E-state index >= 15 is 0 Å². The maximum Gasteiger partial charge on any atom is 0.254 e. The van der Waals surface area contributed by atoms with Crippen LogP contribution in [0.1, 0.15) is 33.9 Å². The predicted octanol–water partition coefficient (Wildman–Crippen LogP) is 2.37. The number of piperazine rings is 1. The van der Waals surface area contributed by atoms with Gasteiger partial charge in [0.1, 0.15) is 5.75 Å². The van der Waals surface area contributed by atoms with Gasteiger partial charge in [-0.25, -0.2) is 0 Å². The highest BCUT2D eigenvalue weighted by Crippen LogP contribution is 2.32. The van der Waals surface area contributed by atoms with E-state index in [9.17, 15) is 9.59 Å². The lowest BCUT2D eigenvalue weighted by molar-refractivity contribution is -0.116. The monoisotopic (exact) mass is 365 g/mol. The number of carbonyl (C=O) groups is 2. The molecule has 2 heterocycles. The number of fused-ring (bicyclic) bond motifs is 1. The first-order chi connectivity index (χ1) is 13.2. The van der Waals surface area contributed by atoms with Crippen molar-refractivity contribution in [1.82, 2.24) is 10.2 Å². The number of hydrogen-bond donors (Lipinski definition) is 2. The van der Waals surface area contributed by atoms with Gasteiger partial charge in [0.15, 0.2) is 0 Å². The highest BCUT2D eigenvalue weighted by Gasteiger charge is 2.31. The van der Waals surface area contributed by atoms with Gasteiger partial charge in [0, 0.05) is 42.9 Å². The van der Waals surface area contributed by atoms with Crippen LogP contribution in [0.3, 0.4) is 0 Å². The zero-order valence-electron chi connectivity index (χ0n) is 15.3. The fourth-order valence-electron chi connectivity index (χ4n) is 3.85. The normalized spacial score (nSPS) is 19.2. The summed E-state index contributed by atoms with van der Waals surface area (Å²) in [6, 6.07) is 13.3. The first kappa shape index (κ1) is 17.5. The third-order valence-corrected chi connectivity index (χ3v) is 5.25. The van der Waals surface area contributed by atoms with Crippen molar-refractivity contribution in [2.24, 2.45) is 0 Å². The number of benzene rings is 2. The second kappa shape index (κ2) is 7.40. The summed E-state index contributed by atoms with van der Waals surface area (Å²) < 4.78 is 5.51. The van der Waals surface area contributed by atoms with E-state index < -0.39 is 0 Å². The Labute approximate surface area is 158 Å². The van der Waals surface area contributed by atoms with Crippen LogP contribution in [0.15, 0.2) is 42.5 Å². The van der Waals surface area contributed by atoms with Crippen LogP contribution in [0.2, 0.25) is 0 Å². The van der Waals surface area contributed by atoms with Crippen LogP contribution in [0.4, 0.5) is 5.69 Å². The smallest absolute Gasteiger partial charge is 0.254 e. The van der Waals surface area contributed by atoms with E-state index in [0.29, 0.717) is 31.5 Å². The van der Waals surface area contributed by atoms with Gasteiger partial charge in [-0.05, 0) is 36.2 Å². The molecule has 0 aliphatic carbocycles. The number of methoxy groups -OCH3 is 1. The number of aryl methyl sites for hydroxylation is 1. The molecular weight excluding hydrogens is 342 g/mol. The fourth-order valence-corrected chi connectivity index (χ4v) is 3.85. The lowest BCUT2D eigenvalue weighted by Gasteiger charge is -2.37. The second-order valence-corrected chi connectivity index (χ2v) is 6.88. The van der Waals surface area contributed by atoms with Gasteiger partial charge in [-0.2, -0.15) is 0 Å². The Bertz CT molecular complexity index is 881.